The van der Waals surface area contributed by atoms with Crippen LogP contribution in [0.1, 0.15) is 11.1 Å². The molecule has 0 amide bonds. The Bertz CT molecular complexity index is 856. The Labute approximate surface area is 115 Å². The summed E-state index contributed by atoms with van der Waals surface area (Å²) in [4.78, 5) is 4.58. The van der Waals surface area contributed by atoms with Crippen molar-refractivity contribution in [2.45, 2.75) is 6.92 Å². The van der Waals surface area contributed by atoms with E-state index >= 15 is 0 Å². The third kappa shape index (κ3) is 1.84. The monoisotopic (exact) mass is 265 g/mol. The Kier molecular flexibility index (Phi) is 2.76. The van der Waals surface area contributed by atoms with E-state index in [-0.39, 0.29) is 5.82 Å². The Balaban J connectivity index is 2.27. The first-order valence-corrected chi connectivity index (χ1v) is 6.23. The summed E-state index contributed by atoms with van der Waals surface area (Å²) in [5.74, 6) is 0.518. The van der Waals surface area contributed by atoms with Crippen LogP contribution in [0.15, 0.2) is 36.4 Å². The maximum atomic E-state index is 13.2. The lowest BCUT2D eigenvalue weighted by Crippen LogP contribution is -1.95. The molecule has 3 rings (SSSR count). The second kappa shape index (κ2) is 4.46. The number of hydrogen-bond acceptors (Lipinski definition) is 2. The number of hydrogen-bond donors (Lipinski definition) is 0. The fraction of sp³-hybridized carbons (Fsp3) is 0.125. The third-order valence-corrected chi connectivity index (χ3v) is 3.44. The molecule has 0 aliphatic carbocycles. The van der Waals surface area contributed by atoms with Crippen LogP contribution in [0.5, 0.6) is 0 Å². The fourth-order valence-electron chi connectivity index (χ4n) is 2.38. The number of nitrogens with zero attached hydrogens (tertiary/aromatic N) is 3. The summed E-state index contributed by atoms with van der Waals surface area (Å²) in [6, 6.07) is 12.2. The molecule has 0 saturated heterocycles. The van der Waals surface area contributed by atoms with Gasteiger partial charge < -0.3 is 4.57 Å². The molecule has 2 aromatic carbocycles. The molecule has 0 unspecified atom stereocenters. The van der Waals surface area contributed by atoms with Crippen molar-refractivity contribution in [3.63, 3.8) is 0 Å². The van der Waals surface area contributed by atoms with E-state index in [4.69, 9.17) is 5.26 Å². The van der Waals surface area contributed by atoms with Gasteiger partial charge in [-0.25, -0.2) is 9.37 Å². The normalized spacial score (nSPS) is 10.7. The summed E-state index contributed by atoms with van der Waals surface area (Å²) in [7, 11) is 1.90. The molecule has 0 spiro atoms. The zero-order valence-electron chi connectivity index (χ0n) is 11.2. The zero-order valence-corrected chi connectivity index (χ0v) is 11.2. The lowest BCUT2D eigenvalue weighted by molar-refractivity contribution is 0.627. The maximum Gasteiger partial charge on any atom is 0.141 e. The lowest BCUT2D eigenvalue weighted by Gasteiger charge is -2.06. The highest BCUT2D eigenvalue weighted by Gasteiger charge is 2.12. The van der Waals surface area contributed by atoms with Gasteiger partial charge in [0.05, 0.1) is 22.7 Å². The molecule has 1 heterocycles. The van der Waals surface area contributed by atoms with Crippen molar-refractivity contribution in [1.82, 2.24) is 9.55 Å². The molecular weight excluding hydrogens is 253 g/mol. The highest BCUT2D eigenvalue weighted by Crippen LogP contribution is 2.27. The van der Waals surface area contributed by atoms with Crippen molar-refractivity contribution in [2.24, 2.45) is 7.05 Å². The number of aromatic nitrogens is 2. The lowest BCUT2D eigenvalue weighted by atomic mass is 10.1. The van der Waals surface area contributed by atoms with Crippen molar-refractivity contribution in [2.75, 3.05) is 0 Å². The minimum absolute atomic E-state index is 0.253. The van der Waals surface area contributed by atoms with E-state index < -0.39 is 0 Å². The average molecular weight is 265 g/mol. The van der Waals surface area contributed by atoms with Crippen LogP contribution in [0.4, 0.5) is 4.39 Å². The number of benzene rings is 2. The molecule has 0 saturated carbocycles. The standard InChI is InChI=1S/C16H12FN3/c1-10-7-12(17)4-5-13(10)16-19-14-6-3-11(9-18)8-15(14)20(16)2/h3-8H,1-2H3. The van der Waals surface area contributed by atoms with Crippen LogP contribution in [0.25, 0.3) is 22.4 Å². The van der Waals surface area contributed by atoms with Crippen LogP contribution in [0.2, 0.25) is 0 Å². The average Bonchev–Trinajstić information content (AvgIpc) is 2.76. The van der Waals surface area contributed by atoms with E-state index in [0.717, 1.165) is 28.0 Å². The van der Waals surface area contributed by atoms with Gasteiger partial charge in [-0.05, 0) is 48.9 Å². The van der Waals surface area contributed by atoms with Crippen molar-refractivity contribution in [3.8, 4) is 17.5 Å². The van der Waals surface area contributed by atoms with E-state index in [1.807, 2.05) is 30.7 Å². The minimum Gasteiger partial charge on any atom is -0.327 e. The maximum absolute atomic E-state index is 13.2. The molecule has 3 aromatic rings. The highest BCUT2D eigenvalue weighted by atomic mass is 19.1. The van der Waals surface area contributed by atoms with Crippen LogP contribution in [-0.4, -0.2) is 9.55 Å². The van der Waals surface area contributed by atoms with Gasteiger partial charge in [0, 0.05) is 12.6 Å². The molecule has 1 aromatic heterocycles. The number of nitriles is 1. The molecule has 0 N–H and O–H groups in total. The molecule has 4 heteroatoms. The molecule has 20 heavy (non-hydrogen) atoms. The SMILES string of the molecule is Cc1cc(F)ccc1-c1nc2ccc(C#N)cc2n1C. The summed E-state index contributed by atoms with van der Waals surface area (Å²) in [5, 5.41) is 8.97. The fourth-order valence-corrected chi connectivity index (χ4v) is 2.38. The number of aryl methyl sites for hydroxylation is 2. The quantitative estimate of drug-likeness (QED) is 0.675. The predicted molar refractivity (Wildman–Crippen MR) is 75.6 cm³/mol. The van der Waals surface area contributed by atoms with Crippen LogP contribution in [-0.2, 0) is 7.05 Å². The number of fused-ring (bicyclic) bond motifs is 1. The topological polar surface area (TPSA) is 41.6 Å². The van der Waals surface area contributed by atoms with Crippen LogP contribution in [0, 0.1) is 24.1 Å². The van der Waals surface area contributed by atoms with Gasteiger partial charge in [0.2, 0.25) is 0 Å². The van der Waals surface area contributed by atoms with Gasteiger partial charge in [0.15, 0.2) is 0 Å². The van der Waals surface area contributed by atoms with Crippen molar-refractivity contribution < 1.29 is 4.39 Å². The summed E-state index contributed by atoms with van der Waals surface area (Å²) in [6.45, 7) is 1.86. The number of rotatable bonds is 1. The van der Waals surface area contributed by atoms with Crippen molar-refractivity contribution in [1.29, 1.82) is 5.26 Å². The molecule has 0 bridgehead atoms. The van der Waals surface area contributed by atoms with Crippen LogP contribution in [0.3, 0.4) is 0 Å². The largest absolute Gasteiger partial charge is 0.327 e. The van der Waals surface area contributed by atoms with Gasteiger partial charge in [-0.3, -0.25) is 0 Å². The zero-order chi connectivity index (χ0) is 14.3. The Morgan fingerprint density at radius 3 is 2.70 bits per heavy atom. The second-order valence-electron chi connectivity index (χ2n) is 4.77. The minimum atomic E-state index is -0.253. The molecule has 98 valence electrons. The third-order valence-electron chi connectivity index (χ3n) is 3.44. The first-order valence-electron chi connectivity index (χ1n) is 6.23. The van der Waals surface area contributed by atoms with Crippen LogP contribution < -0.4 is 0 Å². The van der Waals surface area contributed by atoms with E-state index in [1.54, 1.807) is 12.1 Å². The number of imidazole rings is 1. The summed E-state index contributed by atoms with van der Waals surface area (Å²) >= 11 is 0. The summed E-state index contributed by atoms with van der Waals surface area (Å²) < 4.78 is 15.1. The predicted octanol–water partition coefficient (Wildman–Crippen LogP) is 3.56. The first kappa shape index (κ1) is 12.4. The van der Waals surface area contributed by atoms with Crippen LogP contribution >= 0.6 is 0 Å². The highest BCUT2D eigenvalue weighted by molar-refractivity contribution is 5.82. The smallest absolute Gasteiger partial charge is 0.141 e. The molecule has 3 nitrogen and oxygen atoms in total. The Hall–Kier alpha value is -2.67. The summed E-state index contributed by atoms with van der Waals surface area (Å²) in [6.07, 6.45) is 0. The van der Waals surface area contributed by atoms with Gasteiger partial charge in [-0.2, -0.15) is 5.26 Å². The van der Waals surface area contributed by atoms with E-state index in [0.29, 0.717) is 5.56 Å². The van der Waals surface area contributed by atoms with Crippen molar-refractivity contribution >= 4 is 11.0 Å². The molecule has 0 aliphatic heterocycles. The second-order valence-corrected chi connectivity index (χ2v) is 4.77. The number of halogens is 1. The molecular formula is C16H12FN3. The summed E-state index contributed by atoms with van der Waals surface area (Å²) in [5.41, 5.74) is 4.04. The molecule has 0 atom stereocenters. The van der Waals surface area contributed by atoms with E-state index in [2.05, 4.69) is 11.1 Å². The Morgan fingerprint density at radius 1 is 1.20 bits per heavy atom. The molecule has 0 radical (unpaired) electrons. The Morgan fingerprint density at radius 2 is 2.00 bits per heavy atom. The van der Waals surface area contributed by atoms with Crippen molar-refractivity contribution in [3.05, 3.63) is 53.3 Å². The first-order chi connectivity index (χ1) is 9.60. The molecule has 0 aliphatic rings. The van der Waals surface area contributed by atoms with Gasteiger partial charge in [0.25, 0.3) is 0 Å². The van der Waals surface area contributed by atoms with E-state index in [1.165, 1.54) is 12.1 Å². The molecule has 0 fully saturated rings. The van der Waals surface area contributed by atoms with Gasteiger partial charge in [-0.1, -0.05) is 0 Å². The van der Waals surface area contributed by atoms with Gasteiger partial charge in [-0.15, -0.1) is 0 Å². The van der Waals surface area contributed by atoms with Gasteiger partial charge in [0.1, 0.15) is 11.6 Å². The van der Waals surface area contributed by atoms with E-state index in [9.17, 15) is 4.39 Å². The van der Waals surface area contributed by atoms with Gasteiger partial charge >= 0.3 is 0 Å².